The molecule has 27 heavy (non-hydrogen) atoms. The fourth-order valence-corrected chi connectivity index (χ4v) is 3.33. The third-order valence-electron chi connectivity index (χ3n) is 4.06. The normalized spacial score (nSPS) is 15.9. The summed E-state index contributed by atoms with van der Waals surface area (Å²) in [5.74, 6) is -0.876. The van der Waals surface area contributed by atoms with Gasteiger partial charge in [-0.25, -0.2) is 4.79 Å². The van der Waals surface area contributed by atoms with Crippen LogP contribution in [0.2, 0.25) is 0 Å². The Kier molecular flexibility index (Phi) is 4.32. The number of aromatic nitrogens is 4. The molecule has 0 fully saturated rings. The number of halogens is 1. The molecule has 10 heteroatoms. The van der Waals surface area contributed by atoms with Gasteiger partial charge in [-0.1, -0.05) is 33.2 Å². The molecular formula is C17H12BrN5O4. The van der Waals surface area contributed by atoms with Crippen molar-refractivity contribution in [3.8, 4) is 0 Å². The fraction of sp³-hybridized carbons (Fsp3) is 0.118. The Bertz CT molecular complexity index is 1060. The SMILES string of the molecule is COC(=O)C1=C(C(=O)c2ccco2)C(c2cccc(Br)c2)n2nnnc2N1. The molecule has 1 N–H and O–H groups in total. The zero-order chi connectivity index (χ0) is 19.0. The van der Waals surface area contributed by atoms with Crippen molar-refractivity contribution in [2.24, 2.45) is 0 Å². The molecule has 1 unspecified atom stereocenters. The van der Waals surface area contributed by atoms with Gasteiger partial charge in [0.15, 0.2) is 5.76 Å². The van der Waals surface area contributed by atoms with Gasteiger partial charge in [0.25, 0.3) is 0 Å². The third kappa shape index (κ3) is 2.93. The zero-order valence-corrected chi connectivity index (χ0v) is 15.5. The van der Waals surface area contributed by atoms with Crippen molar-refractivity contribution < 1.29 is 18.7 Å². The Morgan fingerprint density at radius 3 is 2.85 bits per heavy atom. The second kappa shape index (κ2) is 6.80. The van der Waals surface area contributed by atoms with Gasteiger partial charge in [0.05, 0.1) is 18.9 Å². The minimum Gasteiger partial charge on any atom is -0.464 e. The second-order valence-corrected chi connectivity index (χ2v) is 6.53. The summed E-state index contributed by atoms with van der Waals surface area (Å²) >= 11 is 3.43. The Balaban J connectivity index is 1.97. The lowest BCUT2D eigenvalue weighted by molar-refractivity contribution is -0.136. The Morgan fingerprint density at radius 1 is 1.30 bits per heavy atom. The number of nitrogens with one attached hydrogen (secondary N) is 1. The van der Waals surface area contributed by atoms with E-state index in [2.05, 4.69) is 36.8 Å². The van der Waals surface area contributed by atoms with Crippen LogP contribution in [0.25, 0.3) is 0 Å². The van der Waals surface area contributed by atoms with E-state index < -0.39 is 17.8 Å². The van der Waals surface area contributed by atoms with Crippen LogP contribution in [0.4, 0.5) is 5.95 Å². The number of allylic oxidation sites excluding steroid dienone is 1. The number of rotatable bonds is 4. The zero-order valence-electron chi connectivity index (χ0n) is 13.9. The number of furan rings is 1. The number of anilines is 1. The second-order valence-electron chi connectivity index (χ2n) is 5.62. The lowest BCUT2D eigenvalue weighted by Crippen LogP contribution is -2.32. The number of fused-ring (bicyclic) bond motifs is 1. The molecule has 1 atom stereocenters. The molecule has 0 spiro atoms. The molecular weight excluding hydrogens is 418 g/mol. The predicted molar refractivity (Wildman–Crippen MR) is 95.8 cm³/mol. The van der Waals surface area contributed by atoms with E-state index in [1.807, 2.05) is 24.3 Å². The molecule has 4 rings (SSSR count). The van der Waals surface area contributed by atoms with E-state index in [1.54, 1.807) is 6.07 Å². The van der Waals surface area contributed by atoms with E-state index in [0.717, 1.165) is 4.47 Å². The van der Waals surface area contributed by atoms with Crippen LogP contribution >= 0.6 is 15.9 Å². The quantitative estimate of drug-likeness (QED) is 0.496. The van der Waals surface area contributed by atoms with Crippen molar-refractivity contribution in [1.82, 2.24) is 20.2 Å². The van der Waals surface area contributed by atoms with E-state index >= 15 is 0 Å². The van der Waals surface area contributed by atoms with Gasteiger partial charge >= 0.3 is 5.97 Å². The molecule has 9 nitrogen and oxygen atoms in total. The topological polar surface area (TPSA) is 112 Å². The first-order chi connectivity index (χ1) is 13.1. The molecule has 3 aromatic rings. The smallest absolute Gasteiger partial charge is 0.355 e. The van der Waals surface area contributed by atoms with Gasteiger partial charge in [-0.2, -0.15) is 4.68 Å². The highest BCUT2D eigenvalue weighted by atomic mass is 79.9. The van der Waals surface area contributed by atoms with Gasteiger partial charge in [0, 0.05) is 4.47 Å². The van der Waals surface area contributed by atoms with Gasteiger partial charge in [-0.05, 0) is 40.3 Å². The number of carbonyl (C=O) groups is 2. The van der Waals surface area contributed by atoms with Gasteiger partial charge in [-0.3, -0.25) is 4.79 Å². The summed E-state index contributed by atoms with van der Waals surface area (Å²) in [6, 6.07) is 9.68. The van der Waals surface area contributed by atoms with Crippen LogP contribution in [0.15, 0.2) is 62.8 Å². The Labute approximate surface area is 161 Å². The number of benzene rings is 1. The van der Waals surface area contributed by atoms with E-state index in [-0.39, 0.29) is 23.0 Å². The largest absolute Gasteiger partial charge is 0.464 e. The number of ether oxygens (including phenoxy) is 1. The molecule has 2 aromatic heterocycles. The highest BCUT2D eigenvalue weighted by Crippen LogP contribution is 2.37. The molecule has 0 saturated heterocycles. The monoisotopic (exact) mass is 429 g/mol. The number of Topliss-reactive ketones (excluding diaryl/α,β-unsaturated/α-hetero) is 1. The predicted octanol–water partition coefficient (Wildman–Crippen LogP) is 2.35. The summed E-state index contributed by atoms with van der Waals surface area (Å²) < 4.78 is 12.3. The first-order valence-electron chi connectivity index (χ1n) is 7.81. The number of tetrazole rings is 1. The maximum Gasteiger partial charge on any atom is 0.355 e. The Morgan fingerprint density at radius 2 is 2.15 bits per heavy atom. The first kappa shape index (κ1) is 17.2. The molecule has 1 aromatic carbocycles. The number of ketones is 1. The van der Waals surface area contributed by atoms with Gasteiger partial charge < -0.3 is 14.5 Å². The number of carbonyl (C=O) groups excluding carboxylic acids is 2. The highest BCUT2D eigenvalue weighted by molar-refractivity contribution is 9.10. The van der Waals surface area contributed by atoms with Crippen molar-refractivity contribution in [2.45, 2.75) is 6.04 Å². The van der Waals surface area contributed by atoms with Crippen LogP contribution in [0.1, 0.15) is 22.2 Å². The van der Waals surface area contributed by atoms with Gasteiger partial charge in [-0.15, -0.1) is 0 Å². The van der Waals surface area contributed by atoms with Crippen LogP contribution in [-0.2, 0) is 9.53 Å². The van der Waals surface area contributed by atoms with Crippen LogP contribution in [0.3, 0.4) is 0 Å². The molecule has 3 heterocycles. The van der Waals surface area contributed by atoms with E-state index in [1.165, 1.54) is 24.1 Å². The molecule has 1 aliphatic rings. The van der Waals surface area contributed by atoms with Crippen LogP contribution in [0.5, 0.6) is 0 Å². The first-order valence-corrected chi connectivity index (χ1v) is 8.60. The van der Waals surface area contributed by atoms with E-state index in [9.17, 15) is 9.59 Å². The molecule has 0 amide bonds. The van der Waals surface area contributed by atoms with E-state index in [4.69, 9.17) is 9.15 Å². The van der Waals surface area contributed by atoms with Crippen LogP contribution in [0, 0.1) is 0 Å². The molecule has 0 aliphatic carbocycles. The van der Waals surface area contributed by atoms with Crippen molar-refractivity contribution >= 4 is 33.6 Å². The lowest BCUT2D eigenvalue weighted by atomic mass is 9.91. The number of hydrogen-bond acceptors (Lipinski definition) is 8. The average molecular weight is 430 g/mol. The van der Waals surface area contributed by atoms with Crippen molar-refractivity contribution in [2.75, 3.05) is 12.4 Å². The maximum atomic E-state index is 13.2. The van der Waals surface area contributed by atoms with Crippen molar-refractivity contribution in [3.63, 3.8) is 0 Å². The number of methoxy groups -OCH3 is 1. The number of hydrogen-bond donors (Lipinski definition) is 1. The highest BCUT2D eigenvalue weighted by Gasteiger charge is 2.39. The minimum absolute atomic E-state index is 0.0359. The third-order valence-corrected chi connectivity index (χ3v) is 4.55. The standard InChI is InChI=1S/C17H12BrN5O4/c1-26-16(25)13-12(15(24)11-6-3-7-27-11)14(9-4-2-5-10(18)8-9)23-17(19-13)20-21-22-23/h2-8,14H,1H3,(H,19,20,22). The molecule has 0 radical (unpaired) electrons. The van der Waals surface area contributed by atoms with Gasteiger partial charge in [0.1, 0.15) is 11.7 Å². The van der Waals surface area contributed by atoms with Crippen LogP contribution in [-0.4, -0.2) is 39.1 Å². The molecule has 1 aliphatic heterocycles. The number of nitrogens with zero attached hydrogens (tertiary/aromatic N) is 4. The van der Waals surface area contributed by atoms with Crippen molar-refractivity contribution in [3.05, 3.63) is 69.7 Å². The average Bonchev–Trinajstić information content (AvgIpc) is 3.36. The van der Waals surface area contributed by atoms with Crippen LogP contribution < -0.4 is 5.32 Å². The number of esters is 1. The molecule has 136 valence electrons. The van der Waals surface area contributed by atoms with E-state index in [0.29, 0.717) is 5.56 Å². The maximum absolute atomic E-state index is 13.2. The lowest BCUT2D eigenvalue weighted by Gasteiger charge is -2.27. The summed E-state index contributed by atoms with van der Waals surface area (Å²) in [4.78, 5) is 25.6. The summed E-state index contributed by atoms with van der Waals surface area (Å²) in [7, 11) is 1.23. The summed E-state index contributed by atoms with van der Waals surface area (Å²) in [5.41, 5.74) is 0.789. The fourth-order valence-electron chi connectivity index (χ4n) is 2.91. The summed E-state index contributed by atoms with van der Waals surface area (Å²) in [5, 5.41) is 14.3. The minimum atomic E-state index is -0.750. The van der Waals surface area contributed by atoms with Gasteiger partial charge in [0.2, 0.25) is 11.7 Å². The molecule has 0 bridgehead atoms. The van der Waals surface area contributed by atoms with Crippen molar-refractivity contribution in [1.29, 1.82) is 0 Å². The summed E-state index contributed by atoms with van der Waals surface area (Å²) in [6.45, 7) is 0. The Hall–Kier alpha value is -3.27. The molecule has 0 saturated carbocycles. The summed E-state index contributed by atoms with van der Waals surface area (Å²) in [6.07, 6.45) is 1.39.